The number of hydrogen-bond acceptors (Lipinski definition) is 3. The predicted octanol–water partition coefficient (Wildman–Crippen LogP) is 3.51. The lowest BCUT2D eigenvalue weighted by Gasteiger charge is -2.55. The Morgan fingerprint density at radius 1 is 0.900 bits per heavy atom. The molecule has 0 spiro atoms. The summed E-state index contributed by atoms with van der Waals surface area (Å²) in [5.74, 6) is 1.87. The standard InChI is InChI=1S/C23H30ClN3O3/c24-18-3-5-19(6-4-18)27-20(28)2-1-7-25-21(29)14-26-22(30)23-11-15-8-16(12-23)10-17(9-15)13-23/h3-6,15-17H,1-2,7-14H2,(H,25,29)(H,26,30)(H,27,28). The summed E-state index contributed by atoms with van der Waals surface area (Å²) >= 11 is 5.82. The molecular weight excluding hydrogens is 402 g/mol. The van der Waals surface area contributed by atoms with Gasteiger partial charge in [0.25, 0.3) is 0 Å². The van der Waals surface area contributed by atoms with E-state index >= 15 is 0 Å². The monoisotopic (exact) mass is 431 g/mol. The average molecular weight is 432 g/mol. The number of rotatable bonds is 8. The molecule has 6 nitrogen and oxygen atoms in total. The minimum atomic E-state index is -0.227. The summed E-state index contributed by atoms with van der Waals surface area (Å²) < 4.78 is 0. The lowest BCUT2D eigenvalue weighted by Crippen LogP contribution is -2.54. The minimum Gasteiger partial charge on any atom is -0.355 e. The number of amides is 3. The van der Waals surface area contributed by atoms with Gasteiger partial charge in [0.1, 0.15) is 0 Å². The van der Waals surface area contributed by atoms with Gasteiger partial charge in [0.15, 0.2) is 0 Å². The van der Waals surface area contributed by atoms with Crippen LogP contribution in [0.15, 0.2) is 24.3 Å². The molecule has 1 aromatic rings. The molecular formula is C23H30ClN3O3. The molecule has 0 unspecified atom stereocenters. The first-order valence-corrected chi connectivity index (χ1v) is 11.4. The highest BCUT2D eigenvalue weighted by atomic mass is 35.5. The number of halogens is 1. The van der Waals surface area contributed by atoms with Crippen LogP contribution in [0.25, 0.3) is 0 Å². The number of nitrogens with one attached hydrogen (secondary N) is 3. The number of hydrogen-bond donors (Lipinski definition) is 3. The average Bonchev–Trinajstić information content (AvgIpc) is 2.70. The van der Waals surface area contributed by atoms with E-state index in [1.54, 1.807) is 24.3 Å². The topological polar surface area (TPSA) is 87.3 Å². The van der Waals surface area contributed by atoms with Gasteiger partial charge in [-0.05, 0) is 87.0 Å². The van der Waals surface area contributed by atoms with Crippen molar-refractivity contribution >= 4 is 35.0 Å². The number of anilines is 1. The summed E-state index contributed by atoms with van der Waals surface area (Å²) in [6, 6.07) is 6.92. The molecule has 0 atom stereocenters. The number of carbonyl (C=O) groups excluding carboxylic acids is 3. The van der Waals surface area contributed by atoms with Crippen molar-refractivity contribution in [3.63, 3.8) is 0 Å². The fraction of sp³-hybridized carbons (Fsp3) is 0.609. The van der Waals surface area contributed by atoms with Crippen molar-refractivity contribution in [2.75, 3.05) is 18.4 Å². The second kappa shape index (κ2) is 8.96. The van der Waals surface area contributed by atoms with E-state index in [4.69, 9.17) is 11.6 Å². The van der Waals surface area contributed by atoms with E-state index in [1.807, 2.05) is 0 Å². The molecule has 3 amide bonds. The smallest absolute Gasteiger partial charge is 0.239 e. The third kappa shape index (κ3) is 4.97. The van der Waals surface area contributed by atoms with Crippen molar-refractivity contribution in [2.45, 2.75) is 51.4 Å². The highest BCUT2D eigenvalue weighted by Crippen LogP contribution is 2.60. The van der Waals surface area contributed by atoms with Crippen molar-refractivity contribution in [3.8, 4) is 0 Å². The van der Waals surface area contributed by atoms with Gasteiger partial charge in [0.2, 0.25) is 17.7 Å². The van der Waals surface area contributed by atoms with E-state index < -0.39 is 0 Å². The van der Waals surface area contributed by atoms with Crippen LogP contribution in [-0.4, -0.2) is 30.8 Å². The Labute approximate surface area is 182 Å². The zero-order valence-electron chi connectivity index (χ0n) is 17.2. The quantitative estimate of drug-likeness (QED) is 0.550. The van der Waals surface area contributed by atoms with Gasteiger partial charge in [-0.2, -0.15) is 0 Å². The molecule has 4 bridgehead atoms. The molecule has 0 heterocycles. The van der Waals surface area contributed by atoms with Crippen LogP contribution in [0.5, 0.6) is 0 Å². The lowest BCUT2D eigenvalue weighted by atomic mass is 9.49. The summed E-state index contributed by atoms with van der Waals surface area (Å²) in [6.45, 7) is 0.414. The Kier molecular flexibility index (Phi) is 6.32. The van der Waals surface area contributed by atoms with Crippen molar-refractivity contribution < 1.29 is 14.4 Å². The Balaban J connectivity index is 1.12. The van der Waals surface area contributed by atoms with Gasteiger partial charge in [-0.1, -0.05) is 11.6 Å². The Morgan fingerprint density at radius 2 is 1.50 bits per heavy atom. The van der Waals surface area contributed by atoms with E-state index in [0.29, 0.717) is 47.9 Å². The molecule has 30 heavy (non-hydrogen) atoms. The van der Waals surface area contributed by atoms with E-state index in [0.717, 1.165) is 19.3 Å². The molecule has 4 aliphatic rings. The summed E-state index contributed by atoms with van der Waals surface area (Å²) in [4.78, 5) is 36.9. The maximum absolute atomic E-state index is 12.9. The van der Waals surface area contributed by atoms with Gasteiger partial charge in [-0.25, -0.2) is 0 Å². The van der Waals surface area contributed by atoms with Gasteiger partial charge in [0.05, 0.1) is 6.54 Å². The molecule has 0 radical (unpaired) electrons. The first kappa shape index (κ1) is 21.2. The van der Waals surface area contributed by atoms with Crippen LogP contribution >= 0.6 is 11.6 Å². The largest absolute Gasteiger partial charge is 0.355 e. The van der Waals surface area contributed by atoms with Gasteiger partial charge in [0, 0.05) is 29.1 Å². The second-order valence-electron chi connectivity index (χ2n) is 9.39. The summed E-state index contributed by atoms with van der Waals surface area (Å²) in [6.07, 6.45) is 7.70. The van der Waals surface area contributed by atoms with Crippen molar-refractivity contribution in [3.05, 3.63) is 29.3 Å². The van der Waals surface area contributed by atoms with Crippen molar-refractivity contribution in [1.82, 2.24) is 10.6 Å². The van der Waals surface area contributed by atoms with Gasteiger partial charge in [-0.3, -0.25) is 14.4 Å². The highest BCUT2D eigenvalue weighted by Gasteiger charge is 2.54. The fourth-order valence-corrected chi connectivity index (χ4v) is 6.16. The molecule has 4 fully saturated rings. The zero-order valence-corrected chi connectivity index (χ0v) is 18.0. The van der Waals surface area contributed by atoms with Gasteiger partial charge < -0.3 is 16.0 Å². The van der Waals surface area contributed by atoms with E-state index in [-0.39, 0.29) is 29.7 Å². The van der Waals surface area contributed by atoms with Crippen LogP contribution in [-0.2, 0) is 14.4 Å². The predicted molar refractivity (Wildman–Crippen MR) is 116 cm³/mol. The molecule has 0 aromatic heterocycles. The van der Waals surface area contributed by atoms with Crippen molar-refractivity contribution in [2.24, 2.45) is 23.2 Å². The van der Waals surface area contributed by atoms with Gasteiger partial charge >= 0.3 is 0 Å². The lowest BCUT2D eigenvalue weighted by molar-refractivity contribution is -0.147. The summed E-state index contributed by atoms with van der Waals surface area (Å²) in [5.41, 5.74) is 0.468. The second-order valence-corrected chi connectivity index (χ2v) is 9.83. The molecule has 1 aromatic carbocycles. The van der Waals surface area contributed by atoms with Crippen LogP contribution in [0.4, 0.5) is 5.69 Å². The highest BCUT2D eigenvalue weighted by molar-refractivity contribution is 6.30. The fourth-order valence-electron chi connectivity index (χ4n) is 6.03. The SMILES string of the molecule is O=C(CNC(=O)C12CC3CC(CC(C3)C1)C2)NCCCC(=O)Nc1ccc(Cl)cc1. The molecule has 5 rings (SSSR count). The maximum Gasteiger partial charge on any atom is 0.239 e. The van der Waals surface area contributed by atoms with Crippen LogP contribution in [0, 0.1) is 23.2 Å². The van der Waals surface area contributed by atoms with E-state index in [9.17, 15) is 14.4 Å². The first-order chi connectivity index (χ1) is 14.4. The third-order valence-electron chi connectivity index (χ3n) is 6.96. The number of benzene rings is 1. The first-order valence-electron chi connectivity index (χ1n) is 11.0. The van der Waals surface area contributed by atoms with Crippen LogP contribution < -0.4 is 16.0 Å². The number of carbonyl (C=O) groups is 3. The van der Waals surface area contributed by atoms with Crippen LogP contribution in [0.3, 0.4) is 0 Å². The molecule has 4 aliphatic carbocycles. The third-order valence-corrected chi connectivity index (χ3v) is 7.21. The Hall–Kier alpha value is -2.08. The molecule has 4 saturated carbocycles. The van der Waals surface area contributed by atoms with Crippen LogP contribution in [0.1, 0.15) is 51.4 Å². The molecule has 162 valence electrons. The molecule has 0 aliphatic heterocycles. The summed E-state index contributed by atoms with van der Waals surface area (Å²) in [7, 11) is 0. The van der Waals surface area contributed by atoms with Crippen molar-refractivity contribution in [1.29, 1.82) is 0 Å². The van der Waals surface area contributed by atoms with Gasteiger partial charge in [-0.15, -0.1) is 0 Å². The maximum atomic E-state index is 12.9. The Bertz CT molecular complexity index is 773. The molecule has 0 saturated heterocycles. The molecule has 3 N–H and O–H groups in total. The van der Waals surface area contributed by atoms with Crippen LogP contribution in [0.2, 0.25) is 5.02 Å². The normalized spacial score (nSPS) is 28.8. The van der Waals surface area contributed by atoms with E-state index in [1.165, 1.54) is 19.3 Å². The Morgan fingerprint density at radius 3 is 2.10 bits per heavy atom. The molecule has 7 heteroatoms. The zero-order chi connectivity index (χ0) is 21.1. The van der Waals surface area contributed by atoms with E-state index in [2.05, 4.69) is 16.0 Å². The minimum absolute atomic E-state index is 0.0115. The summed E-state index contributed by atoms with van der Waals surface area (Å²) in [5, 5.41) is 9.08.